The van der Waals surface area contributed by atoms with Crippen LogP contribution in [0.5, 0.6) is 11.5 Å². The van der Waals surface area contributed by atoms with Crippen molar-refractivity contribution >= 4 is 29.1 Å². The Morgan fingerprint density at radius 3 is 2.42 bits per heavy atom. The van der Waals surface area contributed by atoms with Gasteiger partial charge in [-0.15, -0.1) is 0 Å². The van der Waals surface area contributed by atoms with Crippen molar-refractivity contribution in [3.63, 3.8) is 0 Å². The molecule has 138 valence electrons. The lowest BCUT2D eigenvalue weighted by Gasteiger charge is -2.19. The second-order valence-electron chi connectivity index (χ2n) is 5.79. The monoisotopic (exact) mass is 402 g/mol. The third kappa shape index (κ3) is 3.99. The van der Waals surface area contributed by atoms with Gasteiger partial charge in [-0.05, 0) is 30.9 Å². The molecule has 0 atom stereocenters. The molecule has 0 bridgehead atoms. The van der Waals surface area contributed by atoms with Crippen LogP contribution in [0, 0.1) is 5.92 Å². The number of carbonyl (C=O) groups excluding carboxylic acids is 1. The highest BCUT2D eigenvalue weighted by molar-refractivity contribution is 6.39. The number of hydrogen-bond donors (Lipinski definition) is 1. The predicted molar refractivity (Wildman–Crippen MR) is 93.1 cm³/mol. The number of primary amides is 1. The van der Waals surface area contributed by atoms with Crippen molar-refractivity contribution in [2.75, 3.05) is 6.61 Å². The van der Waals surface area contributed by atoms with Gasteiger partial charge in [-0.1, -0.05) is 23.2 Å². The number of carbonyl (C=O) groups is 1. The molecule has 1 aromatic carbocycles. The van der Waals surface area contributed by atoms with Crippen LogP contribution in [-0.2, 0) is 0 Å². The van der Waals surface area contributed by atoms with E-state index in [0.717, 1.165) is 12.8 Å². The third-order valence-corrected chi connectivity index (χ3v) is 4.44. The van der Waals surface area contributed by atoms with E-state index >= 15 is 0 Å². The van der Waals surface area contributed by atoms with Crippen LogP contribution in [0.4, 0.5) is 8.78 Å². The van der Waals surface area contributed by atoms with Gasteiger partial charge < -0.3 is 15.2 Å². The van der Waals surface area contributed by atoms with Crippen molar-refractivity contribution in [1.82, 2.24) is 4.98 Å². The molecule has 2 aromatic rings. The Labute approximate surface area is 158 Å². The Bertz CT molecular complexity index is 825. The summed E-state index contributed by atoms with van der Waals surface area (Å²) in [4.78, 5) is 15.8. The van der Waals surface area contributed by atoms with E-state index in [2.05, 4.69) is 9.72 Å². The molecule has 1 aliphatic rings. The smallest absolute Gasteiger partial charge is 0.387 e. The van der Waals surface area contributed by atoms with Crippen LogP contribution in [0.25, 0.3) is 11.1 Å². The maximum absolute atomic E-state index is 12.8. The van der Waals surface area contributed by atoms with E-state index in [4.69, 9.17) is 33.7 Å². The van der Waals surface area contributed by atoms with Gasteiger partial charge in [0, 0.05) is 23.5 Å². The molecular weight excluding hydrogens is 389 g/mol. The number of hydrogen-bond acceptors (Lipinski definition) is 4. The summed E-state index contributed by atoms with van der Waals surface area (Å²) in [7, 11) is 0. The summed E-state index contributed by atoms with van der Waals surface area (Å²) in [5, 5.41) is 0.232. The number of nitrogens with zero attached hydrogens (tertiary/aromatic N) is 1. The maximum Gasteiger partial charge on any atom is 0.387 e. The molecule has 0 aliphatic heterocycles. The van der Waals surface area contributed by atoms with Crippen LogP contribution in [0.15, 0.2) is 24.5 Å². The molecule has 1 heterocycles. The summed E-state index contributed by atoms with van der Waals surface area (Å²) in [6, 6.07) is 2.48. The summed E-state index contributed by atoms with van der Waals surface area (Å²) in [5.41, 5.74) is 5.79. The second kappa shape index (κ2) is 7.63. The van der Waals surface area contributed by atoms with Gasteiger partial charge in [-0.2, -0.15) is 8.78 Å². The van der Waals surface area contributed by atoms with E-state index < -0.39 is 12.5 Å². The summed E-state index contributed by atoms with van der Waals surface area (Å²) in [6.45, 7) is -2.79. The lowest BCUT2D eigenvalue weighted by Crippen LogP contribution is -2.15. The second-order valence-corrected chi connectivity index (χ2v) is 6.61. The SMILES string of the molecule is NC(=O)c1ccc(OC(F)F)c(OCC2CC2)c1-c1c(Cl)cncc1Cl. The van der Waals surface area contributed by atoms with E-state index in [1.807, 2.05) is 0 Å². The first-order valence-corrected chi connectivity index (χ1v) is 8.47. The molecule has 3 rings (SSSR count). The number of aromatic nitrogens is 1. The van der Waals surface area contributed by atoms with E-state index in [0.29, 0.717) is 5.92 Å². The molecule has 1 saturated carbocycles. The van der Waals surface area contributed by atoms with Gasteiger partial charge in [-0.25, -0.2) is 0 Å². The first kappa shape index (κ1) is 18.7. The van der Waals surface area contributed by atoms with Crippen LogP contribution >= 0.6 is 23.2 Å². The van der Waals surface area contributed by atoms with E-state index in [1.165, 1.54) is 24.5 Å². The molecule has 0 saturated heterocycles. The quantitative estimate of drug-likeness (QED) is 0.737. The Morgan fingerprint density at radius 2 is 1.88 bits per heavy atom. The van der Waals surface area contributed by atoms with Crippen LogP contribution in [0.1, 0.15) is 23.2 Å². The number of rotatable bonds is 7. The Hall–Kier alpha value is -2.12. The molecule has 1 amide bonds. The first-order valence-electron chi connectivity index (χ1n) is 7.72. The summed E-state index contributed by atoms with van der Waals surface area (Å²) >= 11 is 12.4. The number of halogens is 4. The summed E-state index contributed by atoms with van der Waals surface area (Å²) in [6.07, 6.45) is 4.59. The molecule has 0 spiro atoms. The van der Waals surface area contributed by atoms with Gasteiger partial charge >= 0.3 is 6.61 Å². The minimum Gasteiger partial charge on any atom is -0.489 e. The van der Waals surface area contributed by atoms with Crippen molar-refractivity contribution in [2.45, 2.75) is 19.5 Å². The molecule has 0 radical (unpaired) electrons. The fraction of sp³-hybridized carbons (Fsp3) is 0.294. The van der Waals surface area contributed by atoms with Crippen molar-refractivity contribution in [2.24, 2.45) is 11.7 Å². The van der Waals surface area contributed by atoms with E-state index in [-0.39, 0.29) is 44.8 Å². The zero-order valence-corrected chi connectivity index (χ0v) is 14.9. The largest absolute Gasteiger partial charge is 0.489 e. The molecule has 0 unspecified atom stereocenters. The first-order chi connectivity index (χ1) is 12.4. The zero-order chi connectivity index (χ0) is 18.8. The normalized spacial score (nSPS) is 13.7. The fourth-order valence-electron chi connectivity index (χ4n) is 2.49. The van der Waals surface area contributed by atoms with E-state index in [9.17, 15) is 13.6 Å². The highest BCUT2D eigenvalue weighted by atomic mass is 35.5. The number of pyridine rings is 1. The molecular formula is C17H14Cl2F2N2O3. The Balaban J connectivity index is 2.23. The average Bonchev–Trinajstić information content (AvgIpc) is 3.37. The molecule has 26 heavy (non-hydrogen) atoms. The van der Waals surface area contributed by atoms with Crippen molar-refractivity contribution < 1.29 is 23.0 Å². The zero-order valence-electron chi connectivity index (χ0n) is 13.3. The van der Waals surface area contributed by atoms with Gasteiger partial charge in [0.25, 0.3) is 0 Å². The predicted octanol–water partition coefficient (Wildman–Crippen LogP) is 4.54. The minimum atomic E-state index is -3.08. The van der Waals surface area contributed by atoms with Gasteiger partial charge in [-0.3, -0.25) is 9.78 Å². The minimum absolute atomic E-state index is 0.0208. The Morgan fingerprint density at radius 1 is 1.23 bits per heavy atom. The van der Waals surface area contributed by atoms with Gasteiger partial charge in [0.1, 0.15) is 0 Å². The molecule has 1 aromatic heterocycles. The maximum atomic E-state index is 12.8. The number of ether oxygens (including phenoxy) is 2. The molecule has 9 heteroatoms. The number of benzene rings is 1. The number of nitrogens with two attached hydrogens (primary N) is 1. The van der Waals surface area contributed by atoms with E-state index in [1.54, 1.807) is 0 Å². The third-order valence-electron chi connectivity index (χ3n) is 3.87. The summed E-state index contributed by atoms with van der Waals surface area (Å²) in [5.74, 6) is -0.750. The lowest BCUT2D eigenvalue weighted by molar-refractivity contribution is -0.0514. The standard InChI is InChI=1S/C17H14Cl2F2N2O3/c18-10-5-23-6-11(19)14(10)13-9(16(22)24)3-4-12(26-17(20)21)15(13)25-7-8-1-2-8/h3-6,8,17H,1-2,7H2,(H2,22,24). The van der Waals surface area contributed by atoms with Crippen molar-refractivity contribution in [3.05, 3.63) is 40.1 Å². The van der Waals surface area contributed by atoms with Crippen LogP contribution in [0.2, 0.25) is 10.0 Å². The molecule has 1 fully saturated rings. The van der Waals surface area contributed by atoms with Crippen molar-refractivity contribution in [3.8, 4) is 22.6 Å². The van der Waals surface area contributed by atoms with Gasteiger partial charge in [0.15, 0.2) is 11.5 Å². The molecule has 1 aliphatic carbocycles. The topological polar surface area (TPSA) is 74.4 Å². The van der Waals surface area contributed by atoms with Crippen LogP contribution < -0.4 is 15.2 Å². The highest BCUT2D eigenvalue weighted by Gasteiger charge is 2.28. The van der Waals surface area contributed by atoms with Gasteiger partial charge in [0.2, 0.25) is 5.91 Å². The van der Waals surface area contributed by atoms with Crippen LogP contribution in [-0.4, -0.2) is 24.1 Å². The molecule has 2 N–H and O–H groups in total. The van der Waals surface area contributed by atoms with Gasteiger partial charge in [0.05, 0.1) is 22.2 Å². The number of alkyl halides is 2. The summed E-state index contributed by atoms with van der Waals surface area (Å²) < 4.78 is 36.0. The number of amides is 1. The lowest BCUT2D eigenvalue weighted by atomic mass is 9.98. The van der Waals surface area contributed by atoms with Crippen molar-refractivity contribution in [1.29, 1.82) is 0 Å². The average molecular weight is 403 g/mol. The highest BCUT2D eigenvalue weighted by Crippen LogP contribution is 2.47. The van der Waals surface area contributed by atoms with Crippen LogP contribution in [0.3, 0.4) is 0 Å². The fourth-order valence-corrected chi connectivity index (χ4v) is 3.04. The Kier molecular flexibility index (Phi) is 5.48. The molecule has 5 nitrogen and oxygen atoms in total.